The Balaban J connectivity index is 1.39. The van der Waals surface area contributed by atoms with Crippen LogP contribution in [-0.2, 0) is 13.5 Å². The summed E-state index contributed by atoms with van der Waals surface area (Å²) in [5.74, 6) is -0.767. The van der Waals surface area contributed by atoms with E-state index in [1.54, 1.807) is 35.1 Å². The summed E-state index contributed by atoms with van der Waals surface area (Å²) in [5, 5.41) is 4.21. The highest BCUT2D eigenvalue weighted by molar-refractivity contribution is 7.17. The van der Waals surface area contributed by atoms with E-state index in [4.69, 9.17) is 0 Å². The van der Waals surface area contributed by atoms with E-state index in [9.17, 15) is 14.4 Å². The predicted octanol–water partition coefficient (Wildman–Crippen LogP) is 5.18. The number of carbonyl (C=O) groups is 3. The number of thiophene rings is 1. The molecule has 0 saturated carbocycles. The Labute approximate surface area is 207 Å². The maximum atomic E-state index is 13.4. The van der Waals surface area contributed by atoms with Crippen LogP contribution in [-0.4, -0.2) is 38.8 Å². The predicted molar refractivity (Wildman–Crippen MR) is 136 cm³/mol. The van der Waals surface area contributed by atoms with E-state index in [1.807, 2.05) is 56.4 Å². The molecule has 35 heavy (non-hydrogen) atoms. The first-order valence-corrected chi connectivity index (χ1v) is 12.3. The van der Waals surface area contributed by atoms with Crippen molar-refractivity contribution in [3.8, 4) is 10.6 Å². The lowest BCUT2D eigenvalue weighted by molar-refractivity contribution is 0.0618. The maximum absolute atomic E-state index is 13.4. The second kappa shape index (κ2) is 9.43. The molecule has 0 spiro atoms. The Morgan fingerprint density at radius 2 is 1.63 bits per heavy atom. The van der Waals surface area contributed by atoms with Crippen LogP contribution in [0.1, 0.15) is 47.9 Å². The molecule has 0 aliphatic carbocycles. The largest absolute Gasteiger partial charge is 0.293 e. The number of imide groups is 1. The third-order valence-corrected chi connectivity index (χ3v) is 7.67. The van der Waals surface area contributed by atoms with Gasteiger partial charge in [-0.2, -0.15) is 5.10 Å². The molecule has 176 valence electrons. The minimum Gasteiger partial charge on any atom is -0.293 e. The van der Waals surface area contributed by atoms with Gasteiger partial charge in [-0.15, -0.1) is 11.3 Å². The molecule has 0 unspecified atom stereocenters. The number of amides is 2. The molecular weight excluding hydrogens is 458 g/mol. The van der Waals surface area contributed by atoms with Crippen LogP contribution in [0.3, 0.4) is 0 Å². The second-order valence-electron chi connectivity index (χ2n) is 8.89. The Morgan fingerprint density at radius 3 is 2.29 bits per heavy atom. The molecule has 4 aromatic rings. The minimum atomic E-state index is -0.289. The number of fused-ring (bicyclic) bond motifs is 1. The number of aryl methyl sites for hydroxylation is 2. The molecule has 0 N–H and O–H groups in total. The number of Topliss-reactive ketones (excluding diaryl/α,β-unsaturated/α-hetero) is 1. The lowest BCUT2D eigenvalue weighted by Gasteiger charge is -2.23. The molecule has 0 saturated heterocycles. The van der Waals surface area contributed by atoms with Gasteiger partial charge in [0.1, 0.15) is 0 Å². The Morgan fingerprint density at radius 1 is 0.943 bits per heavy atom. The van der Waals surface area contributed by atoms with Crippen LogP contribution < -0.4 is 0 Å². The van der Waals surface area contributed by atoms with E-state index in [-0.39, 0.29) is 36.5 Å². The highest BCUT2D eigenvalue weighted by atomic mass is 32.1. The van der Waals surface area contributed by atoms with Crippen molar-refractivity contribution < 1.29 is 14.4 Å². The first-order chi connectivity index (χ1) is 16.9. The van der Waals surface area contributed by atoms with Crippen LogP contribution in [0, 0.1) is 12.8 Å². The van der Waals surface area contributed by atoms with E-state index in [2.05, 4.69) is 5.10 Å². The van der Waals surface area contributed by atoms with Gasteiger partial charge in [-0.1, -0.05) is 36.4 Å². The summed E-state index contributed by atoms with van der Waals surface area (Å²) in [7, 11) is 1.87. The fraction of sp³-hybridized carbons (Fsp3) is 0.214. The maximum Gasteiger partial charge on any atom is 0.261 e. The number of aromatic nitrogens is 2. The van der Waals surface area contributed by atoms with Crippen molar-refractivity contribution in [1.29, 1.82) is 0 Å². The summed E-state index contributed by atoms with van der Waals surface area (Å²) in [4.78, 5) is 42.3. The molecule has 2 amide bonds. The normalized spacial score (nSPS) is 13.8. The molecule has 5 rings (SSSR count). The highest BCUT2D eigenvalue weighted by Gasteiger charge is 2.36. The van der Waals surface area contributed by atoms with E-state index in [0.717, 1.165) is 21.7 Å². The molecule has 0 radical (unpaired) electrons. The average molecular weight is 484 g/mol. The van der Waals surface area contributed by atoms with E-state index in [1.165, 1.54) is 16.2 Å². The van der Waals surface area contributed by atoms with E-state index >= 15 is 0 Å². The van der Waals surface area contributed by atoms with Gasteiger partial charge in [0, 0.05) is 26.2 Å². The molecule has 3 heterocycles. The monoisotopic (exact) mass is 483 g/mol. The standard InChI is InChI=1S/C28H25N3O3S/c1-18-7-3-4-8-20(18)15-19(17-31-27(33)21-9-5-6-10-22(21)28(31)34)16-24(32)26-12-11-25(35-26)23-13-14-29-30(23)2/h3-14,19H,15-17H2,1-2H3/t19-/m1/s1. The number of rotatable bonds is 8. The summed E-state index contributed by atoms with van der Waals surface area (Å²) in [6.45, 7) is 2.24. The van der Waals surface area contributed by atoms with E-state index in [0.29, 0.717) is 22.4 Å². The number of nitrogens with zero attached hydrogens (tertiary/aromatic N) is 3. The first-order valence-electron chi connectivity index (χ1n) is 11.5. The zero-order valence-electron chi connectivity index (χ0n) is 19.6. The third-order valence-electron chi connectivity index (χ3n) is 6.52. The molecule has 2 aromatic heterocycles. The lowest BCUT2D eigenvalue weighted by Crippen LogP contribution is -2.36. The summed E-state index contributed by atoms with van der Waals surface area (Å²) >= 11 is 1.44. The molecule has 0 bridgehead atoms. The van der Waals surface area contributed by atoms with Crippen LogP contribution >= 0.6 is 11.3 Å². The van der Waals surface area contributed by atoms with Crippen LogP contribution in [0.25, 0.3) is 10.6 Å². The Bertz CT molecular complexity index is 1400. The summed E-state index contributed by atoms with van der Waals surface area (Å²) in [6, 6.07) is 20.6. The van der Waals surface area contributed by atoms with Gasteiger partial charge in [-0.3, -0.25) is 24.0 Å². The molecule has 6 nitrogen and oxygen atoms in total. The van der Waals surface area contributed by atoms with Crippen molar-refractivity contribution in [2.24, 2.45) is 13.0 Å². The smallest absolute Gasteiger partial charge is 0.261 e. The number of hydrogen-bond donors (Lipinski definition) is 0. The van der Waals surface area contributed by atoms with Crippen molar-refractivity contribution in [3.63, 3.8) is 0 Å². The second-order valence-corrected chi connectivity index (χ2v) is 9.98. The topological polar surface area (TPSA) is 72.3 Å². The summed E-state index contributed by atoms with van der Waals surface area (Å²) < 4.78 is 1.78. The number of ketones is 1. The number of carbonyl (C=O) groups excluding carboxylic acids is 3. The van der Waals surface area contributed by atoms with Crippen LogP contribution in [0.15, 0.2) is 72.9 Å². The molecular formula is C28H25N3O3S. The zero-order chi connectivity index (χ0) is 24.5. The fourth-order valence-electron chi connectivity index (χ4n) is 4.62. The lowest BCUT2D eigenvalue weighted by atomic mass is 9.91. The van der Waals surface area contributed by atoms with E-state index < -0.39 is 0 Å². The van der Waals surface area contributed by atoms with Gasteiger partial charge < -0.3 is 0 Å². The summed E-state index contributed by atoms with van der Waals surface area (Å²) in [5.41, 5.74) is 4.05. The molecule has 2 aromatic carbocycles. The van der Waals surface area contributed by atoms with Gasteiger partial charge in [0.25, 0.3) is 11.8 Å². The fourth-order valence-corrected chi connectivity index (χ4v) is 5.63. The van der Waals surface area contributed by atoms with Gasteiger partial charge in [0.2, 0.25) is 0 Å². The van der Waals surface area contributed by atoms with Gasteiger partial charge in [-0.25, -0.2) is 0 Å². The van der Waals surface area contributed by atoms with Crippen molar-refractivity contribution in [2.45, 2.75) is 19.8 Å². The van der Waals surface area contributed by atoms with Crippen LogP contribution in [0.4, 0.5) is 0 Å². The van der Waals surface area contributed by atoms with Crippen molar-refractivity contribution in [1.82, 2.24) is 14.7 Å². The van der Waals surface area contributed by atoms with Crippen molar-refractivity contribution in [3.05, 3.63) is 100 Å². The minimum absolute atomic E-state index is 0.0126. The van der Waals surface area contributed by atoms with Gasteiger partial charge in [-0.05, 0) is 60.7 Å². The molecule has 1 aliphatic rings. The quantitative estimate of drug-likeness (QED) is 0.256. The summed E-state index contributed by atoms with van der Waals surface area (Å²) in [6.07, 6.45) is 2.58. The molecule has 1 atom stereocenters. The Hall–Kier alpha value is -3.84. The van der Waals surface area contributed by atoms with Crippen LogP contribution in [0.2, 0.25) is 0 Å². The molecule has 1 aliphatic heterocycles. The van der Waals surface area contributed by atoms with Gasteiger partial charge in [0.05, 0.1) is 26.6 Å². The van der Waals surface area contributed by atoms with Gasteiger partial charge >= 0.3 is 0 Å². The van der Waals surface area contributed by atoms with Crippen LogP contribution in [0.5, 0.6) is 0 Å². The number of hydrogen-bond acceptors (Lipinski definition) is 5. The number of benzene rings is 2. The molecule has 7 heteroatoms. The highest BCUT2D eigenvalue weighted by Crippen LogP contribution is 2.31. The van der Waals surface area contributed by atoms with Gasteiger partial charge in [0.15, 0.2) is 5.78 Å². The first kappa shape index (κ1) is 22.9. The average Bonchev–Trinajstić information content (AvgIpc) is 3.56. The van der Waals surface area contributed by atoms with Crippen molar-refractivity contribution in [2.75, 3.05) is 6.54 Å². The van der Waals surface area contributed by atoms with Crippen molar-refractivity contribution >= 4 is 28.9 Å². The Kier molecular flexibility index (Phi) is 6.17. The third kappa shape index (κ3) is 4.47. The SMILES string of the molecule is Cc1ccccc1C[C@H](CC(=O)c1ccc(-c2ccnn2C)s1)CN1C(=O)c2ccccc2C1=O. The zero-order valence-corrected chi connectivity index (χ0v) is 20.4. The molecule has 0 fully saturated rings.